The fourth-order valence-corrected chi connectivity index (χ4v) is 3.88. The Kier molecular flexibility index (Phi) is 5.67. The maximum absolute atomic E-state index is 13.5. The minimum absolute atomic E-state index is 0.0109. The van der Waals surface area contributed by atoms with Gasteiger partial charge in [-0.3, -0.25) is 9.69 Å². The summed E-state index contributed by atoms with van der Waals surface area (Å²) in [5, 5.41) is 0. The van der Waals surface area contributed by atoms with Crippen molar-refractivity contribution >= 4 is 5.91 Å². The summed E-state index contributed by atoms with van der Waals surface area (Å²) in [5.41, 5.74) is 2.52. The largest absolute Gasteiger partial charge is 0.336 e. The zero-order chi connectivity index (χ0) is 20.2. The minimum atomic E-state index is -0.407. The summed E-state index contributed by atoms with van der Waals surface area (Å²) < 4.78 is 26.9. The predicted octanol–water partition coefficient (Wildman–Crippen LogP) is 4.51. The van der Waals surface area contributed by atoms with Crippen LogP contribution in [-0.4, -0.2) is 41.9 Å². The molecule has 3 aromatic rings. The van der Waals surface area contributed by atoms with Crippen molar-refractivity contribution in [3.05, 3.63) is 107 Å². The summed E-state index contributed by atoms with van der Waals surface area (Å²) in [4.78, 5) is 16.8. The van der Waals surface area contributed by atoms with Crippen molar-refractivity contribution in [1.29, 1.82) is 0 Å². The monoisotopic (exact) mass is 392 g/mol. The predicted molar refractivity (Wildman–Crippen MR) is 109 cm³/mol. The fraction of sp³-hybridized carbons (Fsp3) is 0.208. The molecule has 3 nitrogen and oxygen atoms in total. The van der Waals surface area contributed by atoms with Crippen LogP contribution in [0, 0.1) is 11.6 Å². The van der Waals surface area contributed by atoms with Crippen molar-refractivity contribution in [2.75, 3.05) is 26.2 Å². The molecule has 1 aliphatic rings. The standard InChI is InChI=1S/C24H22F2N2O/c25-21-11-9-19(10-12-21)23(18-5-2-1-3-6-18)27-13-15-28(16-14-27)24(29)20-7-4-8-22(26)17-20/h1-12,17,23H,13-16H2/t23-/m1/s1. The third kappa shape index (κ3) is 4.35. The molecule has 0 bridgehead atoms. The van der Waals surface area contributed by atoms with E-state index < -0.39 is 5.82 Å². The molecule has 0 N–H and O–H groups in total. The third-order valence-corrected chi connectivity index (χ3v) is 5.34. The van der Waals surface area contributed by atoms with Crippen LogP contribution < -0.4 is 0 Å². The van der Waals surface area contributed by atoms with Gasteiger partial charge < -0.3 is 4.90 Å². The van der Waals surface area contributed by atoms with E-state index in [0.29, 0.717) is 31.7 Å². The first-order chi connectivity index (χ1) is 14.1. The first-order valence-corrected chi connectivity index (χ1v) is 9.71. The topological polar surface area (TPSA) is 23.6 Å². The second kappa shape index (κ2) is 8.53. The van der Waals surface area contributed by atoms with E-state index in [0.717, 1.165) is 11.1 Å². The molecule has 148 valence electrons. The van der Waals surface area contributed by atoms with Crippen LogP contribution in [0.1, 0.15) is 27.5 Å². The van der Waals surface area contributed by atoms with Gasteiger partial charge in [0.2, 0.25) is 0 Å². The van der Waals surface area contributed by atoms with E-state index in [1.165, 1.54) is 24.3 Å². The summed E-state index contributed by atoms with van der Waals surface area (Å²) in [6, 6.07) is 22.5. The van der Waals surface area contributed by atoms with Crippen molar-refractivity contribution in [1.82, 2.24) is 9.80 Å². The molecule has 0 aromatic heterocycles. The first-order valence-electron chi connectivity index (χ1n) is 9.71. The molecule has 1 fully saturated rings. The molecule has 1 aliphatic heterocycles. The number of carbonyl (C=O) groups is 1. The summed E-state index contributed by atoms with van der Waals surface area (Å²) in [5.74, 6) is -0.816. The quantitative estimate of drug-likeness (QED) is 0.652. The number of carbonyl (C=O) groups excluding carboxylic acids is 1. The van der Waals surface area contributed by atoms with E-state index in [2.05, 4.69) is 17.0 Å². The van der Waals surface area contributed by atoms with Gasteiger partial charge in [0.25, 0.3) is 5.91 Å². The second-order valence-corrected chi connectivity index (χ2v) is 7.20. The summed E-state index contributed by atoms with van der Waals surface area (Å²) in [6.45, 7) is 2.47. The van der Waals surface area contributed by atoms with Crippen LogP contribution in [0.2, 0.25) is 0 Å². The zero-order valence-electron chi connectivity index (χ0n) is 16.0. The number of nitrogens with zero attached hydrogens (tertiary/aromatic N) is 2. The smallest absolute Gasteiger partial charge is 0.254 e. The molecule has 0 saturated carbocycles. The van der Waals surface area contributed by atoms with E-state index in [1.54, 1.807) is 17.0 Å². The van der Waals surface area contributed by atoms with Gasteiger partial charge in [-0.05, 0) is 41.5 Å². The van der Waals surface area contributed by atoms with Crippen molar-refractivity contribution in [2.24, 2.45) is 0 Å². The molecule has 1 heterocycles. The Hall–Kier alpha value is -3.05. The van der Waals surface area contributed by atoms with Gasteiger partial charge in [0.1, 0.15) is 11.6 Å². The highest BCUT2D eigenvalue weighted by Gasteiger charge is 2.28. The zero-order valence-corrected chi connectivity index (χ0v) is 16.0. The van der Waals surface area contributed by atoms with Crippen molar-refractivity contribution in [3.63, 3.8) is 0 Å². The van der Waals surface area contributed by atoms with E-state index in [4.69, 9.17) is 0 Å². The molecule has 3 aromatic carbocycles. The van der Waals surface area contributed by atoms with Crippen LogP contribution in [-0.2, 0) is 0 Å². The van der Waals surface area contributed by atoms with Crippen LogP contribution in [0.4, 0.5) is 8.78 Å². The normalized spacial score (nSPS) is 15.9. The Balaban J connectivity index is 1.52. The number of halogens is 2. The molecular weight excluding hydrogens is 370 g/mol. The van der Waals surface area contributed by atoms with Gasteiger partial charge >= 0.3 is 0 Å². The van der Waals surface area contributed by atoms with Crippen molar-refractivity contribution in [2.45, 2.75) is 6.04 Å². The summed E-state index contributed by atoms with van der Waals surface area (Å²) >= 11 is 0. The van der Waals surface area contributed by atoms with Gasteiger partial charge in [0.15, 0.2) is 0 Å². The Labute approximate surface area is 169 Å². The highest BCUT2D eigenvalue weighted by molar-refractivity contribution is 5.94. The molecule has 0 radical (unpaired) electrons. The van der Waals surface area contributed by atoms with Gasteiger partial charge in [-0.1, -0.05) is 48.5 Å². The van der Waals surface area contributed by atoms with E-state index in [9.17, 15) is 13.6 Å². The molecule has 0 aliphatic carbocycles. The Morgan fingerprint density at radius 3 is 2.03 bits per heavy atom. The maximum Gasteiger partial charge on any atom is 0.254 e. The SMILES string of the molecule is O=C(c1cccc(F)c1)N1CCN([C@H](c2ccccc2)c2ccc(F)cc2)CC1. The molecular formula is C24H22F2N2O. The van der Waals surface area contributed by atoms with Gasteiger partial charge in [-0.2, -0.15) is 0 Å². The van der Waals surface area contributed by atoms with E-state index in [-0.39, 0.29) is 17.8 Å². The lowest BCUT2D eigenvalue weighted by atomic mass is 9.96. The van der Waals surface area contributed by atoms with Gasteiger partial charge in [-0.15, -0.1) is 0 Å². The Morgan fingerprint density at radius 1 is 0.724 bits per heavy atom. The number of rotatable bonds is 4. The third-order valence-electron chi connectivity index (χ3n) is 5.34. The van der Waals surface area contributed by atoms with E-state index >= 15 is 0 Å². The van der Waals surface area contributed by atoms with Crippen LogP contribution in [0.15, 0.2) is 78.9 Å². The van der Waals surface area contributed by atoms with Crippen LogP contribution >= 0.6 is 0 Å². The number of hydrogen-bond acceptors (Lipinski definition) is 2. The lowest BCUT2D eigenvalue weighted by molar-refractivity contribution is 0.0597. The molecule has 1 saturated heterocycles. The Morgan fingerprint density at radius 2 is 1.38 bits per heavy atom. The molecule has 0 unspecified atom stereocenters. The summed E-state index contributed by atoms with van der Waals surface area (Å²) in [6.07, 6.45) is 0. The van der Waals surface area contributed by atoms with Crippen LogP contribution in [0.3, 0.4) is 0 Å². The van der Waals surface area contributed by atoms with Gasteiger partial charge in [0, 0.05) is 31.7 Å². The lowest BCUT2D eigenvalue weighted by Gasteiger charge is -2.39. The second-order valence-electron chi connectivity index (χ2n) is 7.20. The van der Waals surface area contributed by atoms with Crippen LogP contribution in [0.5, 0.6) is 0 Å². The number of piperazine rings is 1. The minimum Gasteiger partial charge on any atom is -0.336 e. The fourth-order valence-electron chi connectivity index (χ4n) is 3.88. The average molecular weight is 392 g/mol. The molecule has 5 heteroatoms. The van der Waals surface area contributed by atoms with Crippen molar-refractivity contribution in [3.8, 4) is 0 Å². The number of amides is 1. The highest BCUT2D eigenvalue weighted by Crippen LogP contribution is 2.30. The summed E-state index contributed by atoms with van der Waals surface area (Å²) in [7, 11) is 0. The highest BCUT2D eigenvalue weighted by atomic mass is 19.1. The first kappa shape index (κ1) is 19.3. The molecule has 1 atom stereocenters. The number of hydrogen-bond donors (Lipinski definition) is 0. The Bertz CT molecular complexity index is 968. The molecule has 1 amide bonds. The number of benzene rings is 3. The average Bonchev–Trinajstić information content (AvgIpc) is 2.76. The van der Waals surface area contributed by atoms with Gasteiger partial charge in [0.05, 0.1) is 6.04 Å². The van der Waals surface area contributed by atoms with Gasteiger partial charge in [-0.25, -0.2) is 8.78 Å². The molecule has 4 rings (SSSR count). The maximum atomic E-state index is 13.5. The van der Waals surface area contributed by atoms with Crippen LogP contribution in [0.25, 0.3) is 0 Å². The lowest BCUT2D eigenvalue weighted by Crippen LogP contribution is -2.49. The molecule has 29 heavy (non-hydrogen) atoms. The van der Waals surface area contributed by atoms with E-state index in [1.807, 2.05) is 30.3 Å². The molecule has 0 spiro atoms. The van der Waals surface area contributed by atoms with Crippen molar-refractivity contribution < 1.29 is 13.6 Å².